The number of rotatable bonds is 10. The van der Waals surface area contributed by atoms with Crippen LogP contribution in [0.2, 0.25) is 0 Å². The second-order valence-electron chi connectivity index (χ2n) is 16.9. The molecule has 0 aromatic rings. The number of nitrogens with one attached hydrogen (secondary N) is 3. The number of ketones is 1. The van der Waals surface area contributed by atoms with Crippen LogP contribution in [0.4, 0.5) is 4.79 Å². The third kappa shape index (κ3) is 7.08. The van der Waals surface area contributed by atoms with Gasteiger partial charge in [0.15, 0.2) is 9.84 Å². The number of nitrogens with two attached hydrogens (primary N) is 1. The number of primary amides is 1. The highest BCUT2D eigenvalue weighted by molar-refractivity contribution is 7.92. The lowest BCUT2D eigenvalue weighted by Gasteiger charge is -2.41. The number of amides is 5. The molecule has 46 heavy (non-hydrogen) atoms. The van der Waals surface area contributed by atoms with Gasteiger partial charge in [-0.2, -0.15) is 0 Å². The van der Waals surface area contributed by atoms with Crippen molar-refractivity contribution in [2.45, 2.75) is 135 Å². The topological polar surface area (TPSA) is 185 Å². The van der Waals surface area contributed by atoms with Gasteiger partial charge < -0.3 is 26.6 Å². The first kappa shape index (κ1) is 36.1. The third-order valence-corrected chi connectivity index (χ3v) is 14.0. The molecule has 4 fully saturated rings. The molecule has 4 aliphatic rings. The maximum atomic E-state index is 14.3. The lowest BCUT2D eigenvalue weighted by Crippen LogP contribution is -2.64. The van der Waals surface area contributed by atoms with Crippen LogP contribution in [0.25, 0.3) is 0 Å². The maximum absolute atomic E-state index is 14.3. The second kappa shape index (κ2) is 12.4. The summed E-state index contributed by atoms with van der Waals surface area (Å²) in [6.07, 6.45) is 5.82. The van der Waals surface area contributed by atoms with Crippen molar-refractivity contribution >= 4 is 39.4 Å². The number of urea groups is 1. The van der Waals surface area contributed by atoms with Crippen molar-refractivity contribution in [2.75, 3.05) is 12.3 Å². The minimum Gasteiger partial charge on any atom is -0.363 e. The predicted octanol–water partition coefficient (Wildman–Crippen LogP) is 2.44. The molecule has 13 heteroatoms. The zero-order valence-electron chi connectivity index (χ0n) is 28.8. The van der Waals surface area contributed by atoms with Gasteiger partial charge in [0, 0.05) is 6.54 Å². The molecule has 5 amide bonds. The monoisotopic (exact) mass is 665 g/mol. The van der Waals surface area contributed by atoms with E-state index in [1.807, 2.05) is 34.6 Å². The molecule has 1 aliphatic heterocycles. The van der Waals surface area contributed by atoms with Crippen LogP contribution in [0.15, 0.2) is 0 Å². The van der Waals surface area contributed by atoms with Crippen LogP contribution in [0.5, 0.6) is 0 Å². The number of fused-ring (bicyclic) bond motifs is 1. The molecule has 5 N–H and O–H groups in total. The van der Waals surface area contributed by atoms with Gasteiger partial charge in [-0.15, -0.1) is 0 Å². The molecule has 0 spiro atoms. The van der Waals surface area contributed by atoms with Crippen LogP contribution in [-0.4, -0.2) is 83.6 Å². The summed E-state index contributed by atoms with van der Waals surface area (Å²) in [5.41, 5.74) is 3.40. The van der Waals surface area contributed by atoms with Crippen molar-refractivity contribution in [3.05, 3.63) is 0 Å². The summed E-state index contributed by atoms with van der Waals surface area (Å²) in [7, 11) is -3.56. The highest BCUT2D eigenvalue weighted by Gasteiger charge is 2.70. The molecular formula is C33H55N5O7S. The highest BCUT2D eigenvalue weighted by Crippen LogP contribution is 2.65. The molecule has 3 aliphatic carbocycles. The van der Waals surface area contributed by atoms with Crippen LogP contribution < -0.4 is 21.7 Å². The lowest BCUT2D eigenvalue weighted by atomic mass is 9.78. The summed E-state index contributed by atoms with van der Waals surface area (Å²) in [5, 5.41) is 8.65. The minimum absolute atomic E-state index is 0.0590. The Hall–Kier alpha value is -2.70. The van der Waals surface area contributed by atoms with E-state index in [2.05, 4.69) is 16.0 Å². The van der Waals surface area contributed by atoms with E-state index in [4.69, 9.17) is 5.73 Å². The van der Waals surface area contributed by atoms with Crippen LogP contribution in [0.3, 0.4) is 0 Å². The summed E-state index contributed by atoms with van der Waals surface area (Å²) in [5.74, 6) is -3.32. The van der Waals surface area contributed by atoms with Crippen LogP contribution in [-0.2, 0) is 29.0 Å². The molecule has 0 radical (unpaired) electrons. The number of likely N-dealkylation sites (tertiary alicyclic amines) is 1. The Morgan fingerprint density at radius 3 is 1.98 bits per heavy atom. The number of carbonyl (C=O) groups is 5. The van der Waals surface area contributed by atoms with E-state index in [9.17, 15) is 32.4 Å². The van der Waals surface area contributed by atoms with Gasteiger partial charge in [-0.1, -0.05) is 60.3 Å². The van der Waals surface area contributed by atoms with Gasteiger partial charge in [0.05, 0.1) is 16.0 Å². The summed E-state index contributed by atoms with van der Waals surface area (Å²) in [4.78, 5) is 67.9. The van der Waals surface area contributed by atoms with Crippen LogP contribution in [0, 0.1) is 28.6 Å². The van der Waals surface area contributed by atoms with Crippen molar-refractivity contribution in [1.82, 2.24) is 20.9 Å². The Morgan fingerprint density at radius 1 is 0.913 bits per heavy atom. The molecule has 0 aromatic heterocycles. The molecule has 1 saturated heterocycles. The zero-order valence-corrected chi connectivity index (χ0v) is 29.6. The van der Waals surface area contributed by atoms with E-state index in [0.29, 0.717) is 32.2 Å². The van der Waals surface area contributed by atoms with E-state index in [1.165, 1.54) is 4.90 Å². The van der Waals surface area contributed by atoms with Crippen molar-refractivity contribution < 1.29 is 32.4 Å². The van der Waals surface area contributed by atoms with Crippen molar-refractivity contribution in [1.29, 1.82) is 0 Å². The molecule has 1 heterocycles. The smallest absolute Gasteiger partial charge is 0.315 e. The summed E-state index contributed by atoms with van der Waals surface area (Å²) >= 11 is 0. The van der Waals surface area contributed by atoms with Crippen molar-refractivity contribution in [3.63, 3.8) is 0 Å². The van der Waals surface area contributed by atoms with Crippen LogP contribution in [0.1, 0.15) is 107 Å². The number of hydrogen-bond donors (Lipinski definition) is 4. The van der Waals surface area contributed by atoms with E-state index in [-0.39, 0.29) is 28.9 Å². The summed E-state index contributed by atoms with van der Waals surface area (Å²) < 4.78 is 25.5. The minimum atomic E-state index is -3.56. The Balaban J connectivity index is 1.56. The van der Waals surface area contributed by atoms with Gasteiger partial charge in [0.25, 0.3) is 5.91 Å². The van der Waals surface area contributed by atoms with E-state index in [1.54, 1.807) is 20.8 Å². The normalized spacial score (nSPS) is 27.0. The molecule has 12 nitrogen and oxygen atoms in total. The SMILES string of the molecule is CC(C)(C)[C@H](NC(=O)NC1(CS(=O)(=O)C(C)(C)C)CCCCC1)C(=O)N1C[C@H]2[C@@H]([C@H]1C(=O)NC(C(=O)C(N)=O)C1CCC1)C2(C)C. The molecule has 4 rings (SSSR count). The molecule has 0 aromatic carbocycles. The van der Waals surface area contributed by atoms with Gasteiger partial charge >= 0.3 is 6.03 Å². The maximum Gasteiger partial charge on any atom is 0.315 e. The molecule has 0 bridgehead atoms. The van der Waals surface area contributed by atoms with Crippen molar-refractivity contribution in [3.8, 4) is 0 Å². The fourth-order valence-corrected chi connectivity index (χ4v) is 9.23. The first-order chi connectivity index (χ1) is 21.0. The molecule has 260 valence electrons. The van der Waals surface area contributed by atoms with E-state index >= 15 is 0 Å². The van der Waals surface area contributed by atoms with Crippen LogP contribution >= 0.6 is 0 Å². The molecule has 5 atom stereocenters. The number of sulfone groups is 1. The standard InChI is InChI=1S/C33H55N5O7S/c1-30(2,3)25(36-29(43)37-33(15-10-9-11-16-33)18-46(44,45)31(4,5)6)28(42)38-17-20-21(32(20,7)8)23(38)27(41)35-22(19-13-12-14-19)24(39)26(34)40/h19-23,25H,9-18H2,1-8H3,(H2,34,40)(H,35,41)(H2,36,37,43)/t20-,21-,22?,23-,25+/m0/s1. The number of piperidine rings is 1. The molecule has 3 saturated carbocycles. The van der Waals surface area contributed by atoms with Gasteiger partial charge in [-0.05, 0) is 75.0 Å². The zero-order chi connectivity index (χ0) is 34.6. The van der Waals surface area contributed by atoms with Gasteiger partial charge in [-0.3, -0.25) is 19.2 Å². The lowest BCUT2D eigenvalue weighted by molar-refractivity contribution is -0.145. The number of carbonyl (C=O) groups excluding carboxylic acids is 5. The fourth-order valence-electron chi connectivity index (χ4n) is 7.71. The largest absolute Gasteiger partial charge is 0.363 e. The Kier molecular flexibility index (Phi) is 9.74. The predicted molar refractivity (Wildman–Crippen MR) is 174 cm³/mol. The fraction of sp³-hybridized carbons (Fsp3) is 0.848. The average molecular weight is 666 g/mol. The van der Waals surface area contributed by atoms with Crippen molar-refractivity contribution in [2.24, 2.45) is 34.3 Å². The first-order valence-electron chi connectivity index (χ1n) is 16.8. The quantitative estimate of drug-likeness (QED) is 0.258. The summed E-state index contributed by atoms with van der Waals surface area (Å²) in [6, 6.07) is -3.57. The second-order valence-corrected chi connectivity index (χ2v) is 19.6. The van der Waals surface area contributed by atoms with E-state index in [0.717, 1.165) is 25.7 Å². The average Bonchev–Trinajstić information content (AvgIpc) is 3.21. The van der Waals surface area contributed by atoms with E-state index < -0.39 is 73.2 Å². The Morgan fingerprint density at radius 2 is 1.50 bits per heavy atom. The van der Waals surface area contributed by atoms with Gasteiger partial charge in [-0.25, -0.2) is 13.2 Å². The Labute approximate surface area is 274 Å². The molecule has 1 unspecified atom stereocenters. The Bertz CT molecular complexity index is 1350. The molecular weight excluding hydrogens is 610 g/mol. The number of Topliss-reactive ketones (excluding diaryl/α,β-unsaturated/α-hetero) is 1. The first-order valence-corrected chi connectivity index (χ1v) is 18.4. The number of hydrogen-bond acceptors (Lipinski definition) is 7. The van der Waals surface area contributed by atoms with Gasteiger partial charge in [0.1, 0.15) is 18.1 Å². The number of nitrogens with zero attached hydrogens (tertiary/aromatic N) is 1. The third-order valence-electron chi connectivity index (χ3n) is 11.2. The summed E-state index contributed by atoms with van der Waals surface area (Å²) in [6.45, 7) is 14.8. The highest BCUT2D eigenvalue weighted by atomic mass is 32.2. The van der Waals surface area contributed by atoms with Gasteiger partial charge in [0.2, 0.25) is 17.6 Å².